The van der Waals surface area contributed by atoms with Gasteiger partial charge in [-0.1, -0.05) is 6.07 Å². The van der Waals surface area contributed by atoms with E-state index in [0.29, 0.717) is 38.3 Å². The van der Waals surface area contributed by atoms with E-state index in [-0.39, 0.29) is 12.0 Å². The third kappa shape index (κ3) is 4.73. The Balaban J connectivity index is 1.54. The number of piperazine rings is 1. The summed E-state index contributed by atoms with van der Waals surface area (Å²) in [5.74, 6) is 0.429. The Kier molecular flexibility index (Phi) is 6.37. The van der Waals surface area contributed by atoms with Crippen LogP contribution in [-0.4, -0.2) is 56.8 Å². The SMILES string of the molecule is CCOc1ccc(NC(=O)N2CCN(c3cccc(C(=O)OC)c3)CC2)cc1. The molecule has 1 aliphatic rings. The zero-order valence-electron chi connectivity index (χ0n) is 16.2. The van der Waals surface area contributed by atoms with Gasteiger partial charge in [-0.15, -0.1) is 0 Å². The molecule has 148 valence electrons. The van der Waals surface area contributed by atoms with Crippen LogP contribution < -0.4 is 15.0 Å². The summed E-state index contributed by atoms with van der Waals surface area (Å²) in [6, 6.07) is 14.6. The van der Waals surface area contributed by atoms with Gasteiger partial charge in [0.05, 0.1) is 19.3 Å². The fourth-order valence-electron chi connectivity index (χ4n) is 3.12. The van der Waals surface area contributed by atoms with Gasteiger partial charge in [0.25, 0.3) is 0 Å². The number of nitrogens with zero attached hydrogens (tertiary/aromatic N) is 2. The monoisotopic (exact) mass is 383 g/mol. The summed E-state index contributed by atoms with van der Waals surface area (Å²) < 4.78 is 10.2. The Bertz CT molecular complexity index is 815. The van der Waals surface area contributed by atoms with Crippen molar-refractivity contribution in [3.8, 4) is 5.75 Å². The maximum absolute atomic E-state index is 12.5. The van der Waals surface area contributed by atoms with E-state index in [1.807, 2.05) is 49.4 Å². The van der Waals surface area contributed by atoms with E-state index < -0.39 is 0 Å². The molecule has 0 aliphatic carbocycles. The lowest BCUT2D eigenvalue weighted by Gasteiger charge is -2.36. The molecule has 0 saturated carbocycles. The second kappa shape index (κ2) is 9.12. The van der Waals surface area contributed by atoms with Crippen molar-refractivity contribution in [2.24, 2.45) is 0 Å². The number of carbonyl (C=O) groups is 2. The molecule has 2 aromatic rings. The summed E-state index contributed by atoms with van der Waals surface area (Å²) in [5.41, 5.74) is 2.21. The molecule has 0 spiro atoms. The Morgan fingerprint density at radius 1 is 1.04 bits per heavy atom. The summed E-state index contributed by atoms with van der Waals surface area (Å²) in [6.07, 6.45) is 0. The Morgan fingerprint density at radius 2 is 1.75 bits per heavy atom. The summed E-state index contributed by atoms with van der Waals surface area (Å²) >= 11 is 0. The molecule has 1 aliphatic heterocycles. The first-order chi connectivity index (χ1) is 13.6. The van der Waals surface area contributed by atoms with Crippen LogP contribution in [0.15, 0.2) is 48.5 Å². The van der Waals surface area contributed by atoms with Crippen molar-refractivity contribution in [1.82, 2.24) is 4.90 Å². The lowest BCUT2D eigenvalue weighted by atomic mass is 10.1. The van der Waals surface area contributed by atoms with Gasteiger partial charge < -0.3 is 24.6 Å². The van der Waals surface area contributed by atoms with Gasteiger partial charge in [0.1, 0.15) is 5.75 Å². The quantitative estimate of drug-likeness (QED) is 0.803. The van der Waals surface area contributed by atoms with Gasteiger partial charge in [-0.3, -0.25) is 0 Å². The number of anilines is 2. The van der Waals surface area contributed by atoms with E-state index in [0.717, 1.165) is 17.1 Å². The third-order valence-electron chi connectivity index (χ3n) is 4.62. The molecular formula is C21H25N3O4. The van der Waals surface area contributed by atoms with Crippen molar-refractivity contribution >= 4 is 23.4 Å². The highest BCUT2D eigenvalue weighted by molar-refractivity contribution is 5.91. The minimum atomic E-state index is -0.352. The third-order valence-corrected chi connectivity index (χ3v) is 4.62. The average molecular weight is 383 g/mol. The van der Waals surface area contributed by atoms with Gasteiger partial charge in [-0.2, -0.15) is 0 Å². The smallest absolute Gasteiger partial charge is 0.337 e. The second-order valence-electron chi connectivity index (χ2n) is 6.40. The zero-order chi connectivity index (χ0) is 19.9. The Labute approximate surface area is 164 Å². The van der Waals surface area contributed by atoms with Crippen LogP contribution in [0.25, 0.3) is 0 Å². The molecule has 1 fully saturated rings. The van der Waals surface area contributed by atoms with E-state index in [1.165, 1.54) is 7.11 Å². The number of amides is 2. The van der Waals surface area contributed by atoms with Crippen molar-refractivity contribution in [2.75, 3.05) is 50.1 Å². The molecule has 7 heteroatoms. The first-order valence-corrected chi connectivity index (χ1v) is 9.33. The fraction of sp³-hybridized carbons (Fsp3) is 0.333. The molecule has 2 amide bonds. The number of rotatable bonds is 5. The normalized spacial score (nSPS) is 13.8. The van der Waals surface area contributed by atoms with Crippen LogP contribution in [0.1, 0.15) is 17.3 Å². The number of ether oxygens (including phenoxy) is 2. The molecule has 0 atom stereocenters. The molecule has 0 radical (unpaired) electrons. The number of methoxy groups -OCH3 is 1. The van der Waals surface area contributed by atoms with Crippen LogP contribution in [0.4, 0.5) is 16.2 Å². The molecule has 0 aromatic heterocycles. The van der Waals surface area contributed by atoms with Crippen molar-refractivity contribution in [2.45, 2.75) is 6.92 Å². The van der Waals surface area contributed by atoms with Crippen LogP contribution in [0.3, 0.4) is 0 Å². The molecule has 1 N–H and O–H groups in total. The predicted octanol–water partition coefficient (Wildman–Crippen LogP) is 3.23. The number of hydrogen-bond donors (Lipinski definition) is 1. The fourth-order valence-corrected chi connectivity index (χ4v) is 3.12. The highest BCUT2D eigenvalue weighted by Gasteiger charge is 2.22. The van der Waals surface area contributed by atoms with Gasteiger partial charge in [-0.05, 0) is 49.4 Å². The first kappa shape index (κ1) is 19.5. The number of urea groups is 1. The molecule has 7 nitrogen and oxygen atoms in total. The second-order valence-corrected chi connectivity index (χ2v) is 6.40. The predicted molar refractivity (Wildman–Crippen MR) is 108 cm³/mol. The number of hydrogen-bond acceptors (Lipinski definition) is 5. The maximum Gasteiger partial charge on any atom is 0.337 e. The number of esters is 1. The molecule has 0 unspecified atom stereocenters. The van der Waals surface area contributed by atoms with Crippen LogP contribution in [0.5, 0.6) is 5.75 Å². The van der Waals surface area contributed by atoms with Crippen LogP contribution in [-0.2, 0) is 4.74 Å². The number of nitrogens with one attached hydrogen (secondary N) is 1. The van der Waals surface area contributed by atoms with Crippen LogP contribution in [0.2, 0.25) is 0 Å². The minimum Gasteiger partial charge on any atom is -0.494 e. The van der Waals surface area contributed by atoms with Crippen molar-refractivity contribution < 1.29 is 19.1 Å². The largest absolute Gasteiger partial charge is 0.494 e. The van der Waals surface area contributed by atoms with Gasteiger partial charge in [0.15, 0.2) is 0 Å². The topological polar surface area (TPSA) is 71.1 Å². The lowest BCUT2D eigenvalue weighted by molar-refractivity contribution is 0.0600. The molecule has 2 aromatic carbocycles. The standard InChI is InChI=1S/C21H25N3O4/c1-3-28-19-9-7-17(8-10-19)22-21(26)24-13-11-23(12-14-24)18-6-4-5-16(15-18)20(25)27-2/h4-10,15H,3,11-14H2,1-2H3,(H,22,26). The van der Waals surface area contributed by atoms with Gasteiger partial charge in [0.2, 0.25) is 0 Å². The Hall–Kier alpha value is -3.22. The average Bonchev–Trinajstić information content (AvgIpc) is 2.75. The summed E-state index contributed by atoms with van der Waals surface area (Å²) in [5, 5.41) is 2.92. The zero-order valence-corrected chi connectivity index (χ0v) is 16.2. The number of benzene rings is 2. The highest BCUT2D eigenvalue weighted by atomic mass is 16.5. The van der Waals surface area contributed by atoms with Crippen LogP contribution >= 0.6 is 0 Å². The van der Waals surface area contributed by atoms with Crippen molar-refractivity contribution in [1.29, 1.82) is 0 Å². The van der Waals surface area contributed by atoms with E-state index in [2.05, 4.69) is 10.2 Å². The first-order valence-electron chi connectivity index (χ1n) is 9.33. The molecule has 0 bridgehead atoms. The lowest BCUT2D eigenvalue weighted by Crippen LogP contribution is -2.50. The van der Waals surface area contributed by atoms with E-state index >= 15 is 0 Å². The minimum absolute atomic E-state index is 0.118. The van der Waals surface area contributed by atoms with Gasteiger partial charge >= 0.3 is 12.0 Å². The molecular weight excluding hydrogens is 358 g/mol. The highest BCUT2D eigenvalue weighted by Crippen LogP contribution is 2.20. The molecule has 3 rings (SSSR count). The summed E-state index contributed by atoms with van der Waals surface area (Å²) in [7, 11) is 1.37. The molecule has 1 heterocycles. The Morgan fingerprint density at radius 3 is 2.39 bits per heavy atom. The summed E-state index contributed by atoms with van der Waals surface area (Å²) in [4.78, 5) is 28.2. The van der Waals surface area contributed by atoms with E-state index in [4.69, 9.17) is 9.47 Å². The molecule has 28 heavy (non-hydrogen) atoms. The van der Waals surface area contributed by atoms with E-state index in [9.17, 15) is 9.59 Å². The maximum atomic E-state index is 12.5. The van der Waals surface area contributed by atoms with Gasteiger partial charge in [-0.25, -0.2) is 9.59 Å². The summed E-state index contributed by atoms with van der Waals surface area (Å²) in [6.45, 7) is 5.14. The van der Waals surface area contributed by atoms with Crippen LogP contribution in [0, 0.1) is 0 Å². The van der Waals surface area contributed by atoms with Crippen molar-refractivity contribution in [3.05, 3.63) is 54.1 Å². The van der Waals surface area contributed by atoms with Crippen molar-refractivity contribution in [3.63, 3.8) is 0 Å². The van der Waals surface area contributed by atoms with E-state index in [1.54, 1.807) is 11.0 Å². The molecule has 1 saturated heterocycles. The van der Waals surface area contributed by atoms with Gasteiger partial charge in [0, 0.05) is 37.6 Å². The number of carbonyl (C=O) groups excluding carboxylic acids is 2.